The lowest BCUT2D eigenvalue weighted by atomic mass is 9.92. The number of hydrogen-bond donors (Lipinski definition) is 2. The van der Waals surface area contributed by atoms with Gasteiger partial charge in [-0.05, 0) is 30.4 Å². The molecule has 2 N–H and O–H groups in total. The van der Waals surface area contributed by atoms with Crippen LogP contribution in [0.1, 0.15) is 42.9 Å². The highest BCUT2D eigenvalue weighted by molar-refractivity contribution is 7.13. The van der Waals surface area contributed by atoms with Crippen molar-refractivity contribution in [2.45, 2.75) is 33.2 Å². The summed E-state index contributed by atoms with van der Waals surface area (Å²) in [5.74, 6) is 1.16. The highest BCUT2D eigenvalue weighted by Crippen LogP contribution is 2.24. The van der Waals surface area contributed by atoms with E-state index >= 15 is 0 Å². The number of nitrogens with zero attached hydrogens (tertiary/aromatic N) is 2. The normalized spacial score (nSPS) is 20.4. The molecule has 2 amide bonds. The number of furan rings is 1. The van der Waals surface area contributed by atoms with Gasteiger partial charge in [-0.15, -0.1) is 11.3 Å². The molecule has 3 rings (SSSR count). The van der Waals surface area contributed by atoms with Crippen LogP contribution < -0.4 is 10.6 Å². The van der Waals surface area contributed by atoms with Crippen LogP contribution in [0.3, 0.4) is 0 Å². The van der Waals surface area contributed by atoms with E-state index in [1.165, 1.54) is 24.0 Å². The van der Waals surface area contributed by atoms with E-state index < -0.39 is 0 Å². The Morgan fingerprint density at radius 2 is 2.11 bits per heavy atom. The van der Waals surface area contributed by atoms with Crippen LogP contribution in [-0.4, -0.2) is 41.3 Å². The molecule has 1 aliphatic heterocycles. The molecule has 146 valence electrons. The summed E-state index contributed by atoms with van der Waals surface area (Å²) in [5, 5.41) is 8.05. The Morgan fingerprint density at radius 1 is 1.33 bits per heavy atom. The summed E-state index contributed by atoms with van der Waals surface area (Å²) in [6.07, 6.45) is 2.90. The van der Waals surface area contributed by atoms with E-state index in [9.17, 15) is 9.59 Å². The minimum absolute atomic E-state index is 0.170. The fourth-order valence-corrected chi connectivity index (χ4v) is 4.27. The molecule has 27 heavy (non-hydrogen) atoms. The minimum Gasteiger partial charge on any atom is -0.459 e. The largest absolute Gasteiger partial charge is 0.459 e. The summed E-state index contributed by atoms with van der Waals surface area (Å²) >= 11 is 1.43. The smallest absolute Gasteiger partial charge is 0.286 e. The lowest BCUT2D eigenvalue weighted by Crippen LogP contribution is -2.38. The first-order valence-electron chi connectivity index (χ1n) is 9.28. The zero-order chi connectivity index (χ0) is 19.2. The number of carbonyl (C=O) groups is 2. The van der Waals surface area contributed by atoms with Gasteiger partial charge in [-0.25, -0.2) is 4.98 Å². The Labute approximate surface area is 163 Å². The number of carbonyl (C=O) groups excluding carboxylic acids is 2. The molecule has 8 heteroatoms. The SMILES string of the molecule is CC1CC(C)CN(Cc2csc(NC(=O)CCNC(=O)c3ccco3)n2)C1. The molecule has 0 saturated carbocycles. The number of amides is 2. The van der Waals surface area contributed by atoms with Crippen molar-refractivity contribution >= 4 is 28.3 Å². The molecule has 3 heterocycles. The van der Waals surface area contributed by atoms with E-state index in [2.05, 4.69) is 34.4 Å². The molecule has 2 unspecified atom stereocenters. The Morgan fingerprint density at radius 3 is 2.81 bits per heavy atom. The van der Waals surface area contributed by atoms with Gasteiger partial charge in [-0.3, -0.25) is 14.5 Å². The number of thiazole rings is 1. The van der Waals surface area contributed by atoms with Gasteiger partial charge in [0.05, 0.1) is 12.0 Å². The first kappa shape index (κ1) is 19.6. The van der Waals surface area contributed by atoms with Crippen LogP contribution in [0.15, 0.2) is 28.2 Å². The lowest BCUT2D eigenvalue weighted by Gasteiger charge is -2.34. The van der Waals surface area contributed by atoms with Crippen LogP contribution >= 0.6 is 11.3 Å². The summed E-state index contributed by atoms with van der Waals surface area (Å²) in [5.41, 5.74) is 0.989. The van der Waals surface area contributed by atoms with E-state index in [0.29, 0.717) is 17.0 Å². The molecule has 1 aliphatic rings. The summed E-state index contributed by atoms with van der Waals surface area (Å²) in [4.78, 5) is 30.7. The average molecular weight is 391 g/mol. The van der Waals surface area contributed by atoms with Crippen molar-refractivity contribution in [1.82, 2.24) is 15.2 Å². The van der Waals surface area contributed by atoms with Crippen molar-refractivity contribution < 1.29 is 14.0 Å². The van der Waals surface area contributed by atoms with Gasteiger partial charge < -0.3 is 15.1 Å². The van der Waals surface area contributed by atoms with Crippen LogP contribution in [0, 0.1) is 11.8 Å². The van der Waals surface area contributed by atoms with Crippen molar-refractivity contribution in [3.63, 3.8) is 0 Å². The molecule has 0 spiro atoms. The standard InChI is InChI=1S/C19H26N4O3S/c1-13-8-14(2)10-23(9-13)11-15-12-27-19(21-15)22-17(24)5-6-20-18(25)16-4-3-7-26-16/h3-4,7,12-14H,5-6,8-11H2,1-2H3,(H,20,25)(H,21,22,24). The number of rotatable bonds is 7. The number of anilines is 1. The van der Waals surface area contributed by atoms with Crippen molar-refractivity contribution in [3.05, 3.63) is 35.2 Å². The molecule has 0 aromatic carbocycles. The third-order valence-electron chi connectivity index (χ3n) is 4.51. The summed E-state index contributed by atoms with van der Waals surface area (Å²) in [6.45, 7) is 7.84. The fraction of sp³-hybridized carbons (Fsp3) is 0.526. The summed E-state index contributed by atoms with van der Waals surface area (Å²) in [6, 6.07) is 3.23. The Kier molecular flexibility index (Phi) is 6.63. The molecular formula is C19H26N4O3S. The van der Waals surface area contributed by atoms with Gasteiger partial charge in [0, 0.05) is 38.0 Å². The second-order valence-corrected chi connectivity index (χ2v) is 8.17. The van der Waals surface area contributed by atoms with Gasteiger partial charge in [0.1, 0.15) is 0 Å². The van der Waals surface area contributed by atoms with Gasteiger partial charge in [-0.2, -0.15) is 0 Å². The van der Waals surface area contributed by atoms with E-state index in [4.69, 9.17) is 4.42 Å². The van der Waals surface area contributed by atoms with Crippen LogP contribution in [0.2, 0.25) is 0 Å². The molecule has 2 aromatic heterocycles. The van der Waals surface area contributed by atoms with Gasteiger partial charge in [0.15, 0.2) is 10.9 Å². The number of nitrogens with one attached hydrogen (secondary N) is 2. The topological polar surface area (TPSA) is 87.5 Å². The highest BCUT2D eigenvalue weighted by Gasteiger charge is 2.22. The van der Waals surface area contributed by atoms with E-state index in [0.717, 1.165) is 25.3 Å². The lowest BCUT2D eigenvalue weighted by molar-refractivity contribution is -0.116. The van der Waals surface area contributed by atoms with Gasteiger partial charge in [0.25, 0.3) is 5.91 Å². The minimum atomic E-state index is -0.325. The Bertz CT molecular complexity index is 749. The Balaban J connectivity index is 1.40. The molecule has 2 atom stereocenters. The van der Waals surface area contributed by atoms with E-state index in [1.54, 1.807) is 12.1 Å². The summed E-state index contributed by atoms with van der Waals surface area (Å²) < 4.78 is 5.00. The zero-order valence-electron chi connectivity index (χ0n) is 15.7. The average Bonchev–Trinajstić information content (AvgIpc) is 3.26. The number of piperidine rings is 1. The number of hydrogen-bond acceptors (Lipinski definition) is 6. The molecule has 1 saturated heterocycles. The molecule has 2 aromatic rings. The second kappa shape index (κ2) is 9.14. The second-order valence-electron chi connectivity index (χ2n) is 7.32. The first-order chi connectivity index (χ1) is 13.0. The van der Waals surface area contributed by atoms with Crippen LogP contribution in [0.4, 0.5) is 5.13 Å². The van der Waals surface area contributed by atoms with Crippen LogP contribution in [0.5, 0.6) is 0 Å². The molecule has 1 fully saturated rings. The van der Waals surface area contributed by atoms with Crippen LogP contribution in [-0.2, 0) is 11.3 Å². The zero-order valence-corrected chi connectivity index (χ0v) is 16.6. The quantitative estimate of drug-likeness (QED) is 0.759. The third kappa shape index (κ3) is 5.90. The van der Waals surface area contributed by atoms with E-state index in [1.807, 2.05) is 5.38 Å². The number of aromatic nitrogens is 1. The molecule has 0 bridgehead atoms. The van der Waals surface area contributed by atoms with Crippen molar-refractivity contribution in [1.29, 1.82) is 0 Å². The first-order valence-corrected chi connectivity index (χ1v) is 10.2. The number of likely N-dealkylation sites (tertiary alicyclic amines) is 1. The van der Waals surface area contributed by atoms with E-state index in [-0.39, 0.29) is 30.5 Å². The monoisotopic (exact) mass is 390 g/mol. The van der Waals surface area contributed by atoms with Crippen molar-refractivity contribution in [3.8, 4) is 0 Å². The Hall–Kier alpha value is -2.19. The van der Waals surface area contributed by atoms with Crippen molar-refractivity contribution in [2.75, 3.05) is 25.0 Å². The van der Waals surface area contributed by atoms with Crippen LogP contribution in [0.25, 0.3) is 0 Å². The van der Waals surface area contributed by atoms with Crippen molar-refractivity contribution in [2.24, 2.45) is 11.8 Å². The maximum Gasteiger partial charge on any atom is 0.286 e. The molecule has 0 radical (unpaired) electrons. The maximum absolute atomic E-state index is 12.0. The molecule has 7 nitrogen and oxygen atoms in total. The fourth-order valence-electron chi connectivity index (χ4n) is 3.55. The molecular weight excluding hydrogens is 364 g/mol. The van der Waals surface area contributed by atoms with Gasteiger partial charge in [-0.1, -0.05) is 13.8 Å². The highest BCUT2D eigenvalue weighted by atomic mass is 32.1. The summed E-state index contributed by atoms with van der Waals surface area (Å²) in [7, 11) is 0. The third-order valence-corrected chi connectivity index (χ3v) is 5.32. The predicted octanol–water partition coefficient (Wildman–Crippen LogP) is 2.97. The maximum atomic E-state index is 12.0. The van der Waals surface area contributed by atoms with Gasteiger partial charge in [0.2, 0.25) is 5.91 Å². The van der Waals surface area contributed by atoms with Gasteiger partial charge >= 0.3 is 0 Å². The predicted molar refractivity (Wildman–Crippen MR) is 105 cm³/mol. The molecule has 0 aliphatic carbocycles.